The Morgan fingerprint density at radius 1 is 1.07 bits per heavy atom. The normalized spacial score (nSPS) is 11.0. The van der Waals surface area contributed by atoms with Gasteiger partial charge in [0.05, 0.1) is 22.2 Å². The van der Waals surface area contributed by atoms with E-state index in [9.17, 15) is 14.9 Å². The Morgan fingerprint density at radius 3 is 2.49 bits per heavy atom. The monoisotopic (exact) mass is 673 g/mol. The van der Waals surface area contributed by atoms with Gasteiger partial charge in [0, 0.05) is 29.2 Å². The van der Waals surface area contributed by atoms with Crippen molar-refractivity contribution >= 4 is 33.7 Å². The quantitative estimate of drug-likeness (QED) is 0.0826. The molecule has 0 aliphatic heterocycles. The predicted octanol–water partition coefficient (Wildman–Crippen LogP) is 7.29. The second-order valence-corrected chi connectivity index (χ2v) is 10.5. The molecule has 2 aromatic carbocycles. The number of pyridine rings is 1. The summed E-state index contributed by atoms with van der Waals surface area (Å²) in [6.07, 6.45) is 2.54. The number of aryl methyl sites for hydroxylation is 2. The summed E-state index contributed by atoms with van der Waals surface area (Å²) in [5.74, 6) is 1.55. The molecule has 1 amide bonds. The lowest BCUT2D eigenvalue weighted by atomic mass is 10.2. The number of carbonyl (C=O) groups excluding carboxylic acids is 1. The van der Waals surface area contributed by atoms with E-state index in [1.807, 2.05) is 31.2 Å². The number of aromatic nitrogens is 2. The summed E-state index contributed by atoms with van der Waals surface area (Å²) in [6, 6.07) is 21.2. The van der Waals surface area contributed by atoms with Gasteiger partial charge in [-0.15, -0.1) is 0 Å². The molecule has 5 rings (SSSR count). The average Bonchev–Trinajstić information content (AvgIpc) is 3.64. The van der Waals surface area contributed by atoms with Crippen LogP contribution in [0.25, 0.3) is 5.69 Å². The number of rotatable bonds is 12. The first-order valence-corrected chi connectivity index (χ1v) is 14.6. The number of halogens is 1. The Morgan fingerprint density at radius 2 is 1.82 bits per heavy atom. The first-order valence-electron chi connectivity index (χ1n) is 13.8. The molecule has 0 fully saturated rings. The summed E-state index contributed by atoms with van der Waals surface area (Å²) in [6.45, 7) is 6.42. The van der Waals surface area contributed by atoms with Crippen LogP contribution in [0.1, 0.15) is 40.2 Å². The van der Waals surface area contributed by atoms with E-state index in [1.54, 1.807) is 24.3 Å². The van der Waals surface area contributed by atoms with E-state index in [2.05, 4.69) is 62.0 Å². The van der Waals surface area contributed by atoms with Crippen LogP contribution in [-0.2, 0) is 6.61 Å². The molecule has 1 N–H and O–H groups in total. The van der Waals surface area contributed by atoms with Crippen molar-refractivity contribution in [2.24, 2.45) is 5.10 Å². The van der Waals surface area contributed by atoms with E-state index in [4.69, 9.17) is 18.6 Å². The van der Waals surface area contributed by atoms with Crippen molar-refractivity contribution in [3.63, 3.8) is 0 Å². The van der Waals surface area contributed by atoms with Crippen LogP contribution in [0.2, 0.25) is 0 Å². The van der Waals surface area contributed by atoms with Crippen LogP contribution in [0.4, 0.5) is 5.69 Å². The van der Waals surface area contributed by atoms with Crippen LogP contribution in [0.5, 0.6) is 23.1 Å². The average molecular weight is 675 g/mol. The Hall–Kier alpha value is -5.43. The molecule has 3 aromatic heterocycles. The fourth-order valence-electron chi connectivity index (χ4n) is 4.39. The van der Waals surface area contributed by atoms with Gasteiger partial charge >= 0.3 is 5.91 Å². The SMILES string of the molecule is CCOc1cc(/C=N/NC(=O)c2ccc(COc3ccc(-n4c(C)ccc4C)cc3)o2)cc(Br)c1Oc1ccc([N+](=O)[O-])cn1. The molecular weight excluding hydrogens is 646 g/mol. The van der Waals surface area contributed by atoms with Gasteiger partial charge in [0.15, 0.2) is 17.3 Å². The van der Waals surface area contributed by atoms with E-state index < -0.39 is 10.8 Å². The zero-order chi connectivity index (χ0) is 31.9. The molecule has 13 heteroatoms. The molecule has 0 aliphatic carbocycles. The van der Waals surface area contributed by atoms with Crippen LogP contribution in [-0.4, -0.2) is 33.2 Å². The van der Waals surface area contributed by atoms with E-state index in [0.29, 0.717) is 39.7 Å². The van der Waals surface area contributed by atoms with Crippen LogP contribution in [0, 0.1) is 24.0 Å². The molecule has 0 unspecified atom stereocenters. The molecule has 0 atom stereocenters. The van der Waals surface area contributed by atoms with Gasteiger partial charge in [0.1, 0.15) is 24.3 Å². The van der Waals surface area contributed by atoms with Crippen molar-refractivity contribution in [1.29, 1.82) is 0 Å². The van der Waals surface area contributed by atoms with Crippen molar-refractivity contribution in [1.82, 2.24) is 15.0 Å². The van der Waals surface area contributed by atoms with Gasteiger partial charge in [-0.25, -0.2) is 10.4 Å². The fraction of sp³-hybridized carbons (Fsp3) is 0.156. The van der Waals surface area contributed by atoms with Crippen LogP contribution in [0.3, 0.4) is 0 Å². The summed E-state index contributed by atoms with van der Waals surface area (Å²) in [5, 5.41) is 14.9. The second-order valence-electron chi connectivity index (χ2n) is 9.68. The number of benzene rings is 2. The number of carbonyl (C=O) groups is 1. The molecule has 0 radical (unpaired) electrons. The van der Waals surface area contributed by atoms with Gasteiger partial charge in [-0.3, -0.25) is 14.9 Å². The molecule has 0 bridgehead atoms. The lowest BCUT2D eigenvalue weighted by molar-refractivity contribution is -0.385. The maximum atomic E-state index is 12.6. The third kappa shape index (κ3) is 7.57. The number of nitrogens with zero attached hydrogens (tertiary/aromatic N) is 4. The minimum absolute atomic E-state index is 0.0789. The van der Waals surface area contributed by atoms with Gasteiger partial charge < -0.3 is 23.2 Å². The first kappa shape index (κ1) is 31.0. The molecule has 0 spiro atoms. The Kier molecular flexibility index (Phi) is 9.58. The lowest BCUT2D eigenvalue weighted by Gasteiger charge is -2.13. The predicted molar refractivity (Wildman–Crippen MR) is 170 cm³/mol. The van der Waals surface area contributed by atoms with Crippen LogP contribution >= 0.6 is 15.9 Å². The van der Waals surface area contributed by atoms with Crippen molar-refractivity contribution in [2.75, 3.05) is 6.61 Å². The van der Waals surface area contributed by atoms with Gasteiger partial charge in [-0.2, -0.15) is 5.10 Å². The first-order chi connectivity index (χ1) is 21.7. The Bertz CT molecular complexity index is 1830. The largest absolute Gasteiger partial charge is 0.490 e. The number of hydrazone groups is 1. The lowest BCUT2D eigenvalue weighted by Crippen LogP contribution is -2.16. The third-order valence-corrected chi connectivity index (χ3v) is 7.07. The number of furan rings is 1. The summed E-state index contributed by atoms with van der Waals surface area (Å²) in [7, 11) is 0. The van der Waals surface area contributed by atoms with Crippen LogP contribution < -0.4 is 19.6 Å². The zero-order valence-corrected chi connectivity index (χ0v) is 26.1. The summed E-state index contributed by atoms with van der Waals surface area (Å²) < 4.78 is 25.7. The molecule has 0 saturated heterocycles. The zero-order valence-electron chi connectivity index (χ0n) is 24.5. The second kappa shape index (κ2) is 13.9. The van der Waals surface area contributed by atoms with Gasteiger partial charge in [0.2, 0.25) is 5.88 Å². The molecule has 0 aliphatic rings. The summed E-state index contributed by atoms with van der Waals surface area (Å²) in [5.41, 5.74) is 6.23. The smallest absolute Gasteiger partial charge is 0.307 e. The van der Waals surface area contributed by atoms with Gasteiger partial charge in [0.25, 0.3) is 5.69 Å². The topological polar surface area (TPSA) is 143 Å². The minimum atomic E-state index is -0.543. The van der Waals surface area contributed by atoms with E-state index >= 15 is 0 Å². The Labute approximate surface area is 266 Å². The van der Waals surface area contributed by atoms with E-state index in [0.717, 1.165) is 23.3 Å². The molecule has 0 saturated carbocycles. The number of nitro groups is 1. The maximum absolute atomic E-state index is 12.6. The highest BCUT2D eigenvalue weighted by Crippen LogP contribution is 2.39. The number of amides is 1. The fourth-order valence-corrected chi connectivity index (χ4v) is 4.93. The van der Waals surface area contributed by atoms with E-state index in [-0.39, 0.29) is 23.9 Å². The number of ether oxygens (including phenoxy) is 3. The maximum Gasteiger partial charge on any atom is 0.307 e. The molecule has 3 heterocycles. The standard InChI is InChI=1S/C32H28BrN5O7/c1-4-42-29-16-22(15-27(33)31(29)45-30-14-9-24(18-34-30)38(40)41)17-35-36-32(39)28-13-12-26(44-28)19-43-25-10-7-23(8-11-25)37-20(2)5-6-21(37)3/h5-18H,4,19H2,1-3H3,(H,36,39)/b35-17+. The highest BCUT2D eigenvalue weighted by molar-refractivity contribution is 9.10. The Balaban J connectivity index is 1.17. The van der Waals surface area contributed by atoms with Crippen molar-refractivity contribution < 1.29 is 28.3 Å². The van der Waals surface area contributed by atoms with E-state index in [1.165, 1.54) is 18.3 Å². The molecule has 12 nitrogen and oxygen atoms in total. The van der Waals surface area contributed by atoms with Crippen molar-refractivity contribution in [3.05, 3.63) is 122 Å². The van der Waals surface area contributed by atoms with Gasteiger partial charge in [-0.05, 0) is 103 Å². The van der Waals surface area contributed by atoms with Crippen molar-refractivity contribution in [3.8, 4) is 28.8 Å². The minimum Gasteiger partial charge on any atom is -0.490 e. The molecular formula is C32H28BrN5O7. The molecule has 45 heavy (non-hydrogen) atoms. The number of hydrogen-bond donors (Lipinski definition) is 1. The molecule has 5 aromatic rings. The highest BCUT2D eigenvalue weighted by atomic mass is 79.9. The van der Waals surface area contributed by atoms with Crippen molar-refractivity contribution in [2.45, 2.75) is 27.4 Å². The van der Waals surface area contributed by atoms with Crippen LogP contribution in [0.15, 0.2) is 93.0 Å². The van der Waals surface area contributed by atoms with Gasteiger partial charge in [-0.1, -0.05) is 0 Å². The highest BCUT2D eigenvalue weighted by Gasteiger charge is 2.16. The number of hydrogen-bond acceptors (Lipinski definition) is 9. The molecule has 230 valence electrons. The summed E-state index contributed by atoms with van der Waals surface area (Å²) >= 11 is 3.46. The summed E-state index contributed by atoms with van der Waals surface area (Å²) in [4.78, 5) is 26.9. The number of nitrogens with one attached hydrogen (secondary N) is 1. The third-order valence-electron chi connectivity index (χ3n) is 6.48.